The molecule has 0 saturated carbocycles. The average Bonchev–Trinajstić information content (AvgIpc) is 3.09. The number of hydrogen-bond acceptors (Lipinski definition) is 5. The number of hydroxylamine groups is 1. The third-order valence-corrected chi connectivity index (χ3v) is 3.33. The molecule has 0 saturated heterocycles. The summed E-state index contributed by atoms with van der Waals surface area (Å²) in [7, 11) is 0. The van der Waals surface area contributed by atoms with E-state index in [4.69, 9.17) is 5.21 Å². The Labute approximate surface area is 138 Å². The summed E-state index contributed by atoms with van der Waals surface area (Å²) in [5.74, 6) is -0.571. The standard InChI is InChI=1S/C17H15N5O2/c23-17(20-24)7-6-13-3-1-4-14(9-13)11-22-12-16(19-21-22)15-5-2-8-18-10-15/h1-10,12,24H,11H2,(H,20,23). The summed E-state index contributed by atoms with van der Waals surface area (Å²) in [6.07, 6.45) is 8.20. The lowest BCUT2D eigenvalue weighted by molar-refractivity contribution is -0.124. The largest absolute Gasteiger partial charge is 0.288 e. The van der Waals surface area contributed by atoms with Crippen molar-refractivity contribution in [2.45, 2.75) is 6.54 Å². The van der Waals surface area contributed by atoms with Crippen LogP contribution in [0.25, 0.3) is 17.3 Å². The number of pyridine rings is 1. The van der Waals surface area contributed by atoms with Crippen molar-refractivity contribution in [1.82, 2.24) is 25.5 Å². The van der Waals surface area contributed by atoms with Gasteiger partial charge >= 0.3 is 0 Å². The highest BCUT2D eigenvalue weighted by Gasteiger charge is 2.04. The van der Waals surface area contributed by atoms with Crippen molar-refractivity contribution < 1.29 is 10.0 Å². The summed E-state index contributed by atoms with van der Waals surface area (Å²) in [6.45, 7) is 0.557. The number of hydrogen-bond donors (Lipinski definition) is 2. The van der Waals surface area contributed by atoms with Crippen molar-refractivity contribution in [1.29, 1.82) is 0 Å². The third-order valence-electron chi connectivity index (χ3n) is 3.33. The van der Waals surface area contributed by atoms with Crippen LogP contribution in [0.2, 0.25) is 0 Å². The number of amides is 1. The van der Waals surface area contributed by atoms with Crippen LogP contribution in [0.1, 0.15) is 11.1 Å². The number of aromatic nitrogens is 4. The molecule has 7 heteroatoms. The maximum absolute atomic E-state index is 11.0. The van der Waals surface area contributed by atoms with Crippen LogP contribution in [0, 0.1) is 0 Å². The first-order chi connectivity index (χ1) is 11.7. The quantitative estimate of drug-likeness (QED) is 0.425. The highest BCUT2D eigenvalue weighted by molar-refractivity contribution is 5.90. The molecule has 3 aromatic rings. The molecule has 120 valence electrons. The van der Waals surface area contributed by atoms with Gasteiger partial charge in [0.15, 0.2) is 0 Å². The molecule has 0 aliphatic rings. The Bertz CT molecular complexity index is 858. The first-order valence-corrected chi connectivity index (χ1v) is 7.26. The normalized spacial score (nSPS) is 10.9. The fourth-order valence-electron chi connectivity index (χ4n) is 2.21. The minimum absolute atomic E-state index is 0.557. The molecule has 2 N–H and O–H groups in total. The first-order valence-electron chi connectivity index (χ1n) is 7.26. The molecule has 0 fully saturated rings. The van der Waals surface area contributed by atoms with Crippen LogP contribution in [0.15, 0.2) is 61.1 Å². The summed E-state index contributed by atoms with van der Waals surface area (Å²) in [4.78, 5) is 15.1. The zero-order valence-electron chi connectivity index (χ0n) is 12.7. The van der Waals surface area contributed by atoms with Crippen LogP contribution >= 0.6 is 0 Å². The van der Waals surface area contributed by atoms with Gasteiger partial charge in [-0.25, -0.2) is 10.2 Å². The monoisotopic (exact) mass is 321 g/mol. The molecule has 2 aromatic heterocycles. The highest BCUT2D eigenvalue weighted by Crippen LogP contribution is 2.15. The Kier molecular flexibility index (Phi) is 4.73. The molecule has 0 bridgehead atoms. The van der Waals surface area contributed by atoms with Crippen LogP contribution in [0.4, 0.5) is 0 Å². The van der Waals surface area contributed by atoms with Gasteiger partial charge in [0.1, 0.15) is 5.69 Å². The van der Waals surface area contributed by atoms with E-state index >= 15 is 0 Å². The summed E-state index contributed by atoms with van der Waals surface area (Å²) >= 11 is 0. The second kappa shape index (κ2) is 7.30. The predicted molar refractivity (Wildman–Crippen MR) is 87.8 cm³/mol. The molecule has 0 aliphatic carbocycles. The smallest absolute Gasteiger partial charge is 0.267 e. The summed E-state index contributed by atoms with van der Waals surface area (Å²) in [5.41, 5.74) is 5.10. The molecule has 24 heavy (non-hydrogen) atoms. The van der Waals surface area contributed by atoms with E-state index in [0.29, 0.717) is 6.54 Å². The van der Waals surface area contributed by atoms with Gasteiger partial charge < -0.3 is 0 Å². The number of carbonyl (C=O) groups excluding carboxylic acids is 1. The molecule has 0 spiro atoms. The Balaban J connectivity index is 1.74. The van der Waals surface area contributed by atoms with Gasteiger partial charge in [-0.2, -0.15) is 0 Å². The van der Waals surface area contributed by atoms with Gasteiger partial charge in [-0.3, -0.25) is 15.0 Å². The van der Waals surface area contributed by atoms with Gasteiger partial charge in [-0.05, 0) is 35.4 Å². The van der Waals surface area contributed by atoms with Crippen molar-refractivity contribution >= 4 is 12.0 Å². The Hall–Kier alpha value is -3.32. The second-order valence-corrected chi connectivity index (χ2v) is 5.10. The van der Waals surface area contributed by atoms with Gasteiger partial charge in [-0.1, -0.05) is 23.4 Å². The first kappa shape index (κ1) is 15.6. The van der Waals surface area contributed by atoms with Crippen LogP contribution in [-0.4, -0.2) is 31.1 Å². The van der Waals surface area contributed by atoms with Gasteiger partial charge in [0.05, 0.1) is 12.7 Å². The summed E-state index contributed by atoms with van der Waals surface area (Å²) in [5, 5.41) is 16.8. The number of nitrogens with one attached hydrogen (secondary N) is 1. The SMILES string of the molecule is O=C(C=Cc1cccc(Cn2cc(-c3cccnc3)nn2)c1)NO. The third kappa shape index (κ3) is 3.90. The lowest BCUT2D eigenvalue weighted by Gasteiger charge is -2.02. The number of carbonyl (C=O) groups is 1. The van der Waals surface area contributed by atoms with Crippen molar-refractivity contribution in [2.24, 2.45) is 0 Å². The minimum atomic E-state index is -0.571. The number of nitrogens with zero attached hydrogens (tertiary/aromatic N) is 4. The fourth-order valence-corrected chi connectivity index (χ4v) is 2.21. The maximum atomic E-state index is 11.0. The molecule has 0 aliphatic heterocycles. The lowest BCUT2D eigenvalue weighted by atomic mass is 10.1. The Morgan fingerprint density at radius 1 is 1.29 bits per heavy atom. The van der Waals surface area contributed by atoms with E-state index in [1.165, 1.54) is 6.08 Å². The molecular weight excluding hydrogens is 306 g/mol. The minimum Gasteiger partial charge on any atom is -0.288 e. The zero-order valence-corrected chi connectivity index (χ0v) is 12.7. The van der Waals surface area contributed by atoms with Crippen molar-refractivity contribution in [2.75, 3.05) is 0 Å². The topological polar surface area (TPSA) is 92.9 Å². The number of benzene rings is 1. The van der Waals surface area contributed by atoms with E-state index in [0.717, 1.165) is 22.4 Å². The second-order valence-electron chi connectivity index (χ2n) is 5.10. The van der Waals surface area contributed by atoms with E-state index in [1.54, 1.807) is 28.6 Å². The predicted octanol–water partition coefficient (Wildman–Crippen LogP) is 1.91. The van der Waals surface area contributed by atoms with Gasteiger partial charge in [0, 0.05) is 24.0 Å². The van der Waals surface area contributed by atoms with E-state index in [1.807, 2.05) is 42.6 Å². The molecule has 1 amide bonds. The molecule has 0 radical (unpaired) electrons. The maximum Gasteiger partial charge on any atom is 0.267 e. The average molecular weight is 321 g/mol. The highest BCUT2D eigenvalue weighted by atomic mass is 16.5. The molecule has 0 unspecified atom stereocenters. The van der Waals surface area contributed by atoms with Crippen LogP contribution < -0.4 is 5.48 Å². The van der Waals surface area contributed by atoms with Crippen LogP contribution in [0.3, 0.4) is 0 Å². The van der Waals surface area contributed by atoms with Crippen molar-refractivity contribution in [3.63, 3.8) is 0 Å². The molecular formula is C17H15N5O2. The van der Waals surface area contributed by atoms with Gasteiger partial charge in [-0.15, -0.1) is 5.10 Å². The zero-order chi connectivity index (χ0) is 16.8. The molecule has 1 aromatic carbocycles. The van der Waals surface area contributed by atoms with Gasteiger partial charge in [0.2, 0.25) is 0 Å². The summed E-state index contributed by atoms with van der Waals surface area (Å²) in [6, 6.07) is 11.4. The van der Waals surface area contributed by atoms with Crippen LogP contribution in [-0.2, 0) is 11.3 Å². The number of rotatable bonds is 5. The van der Waals surface area contributed by atoms with Crippen LogP contribution in [0.5, 0.6) is 0 Å². The Morgan fingerprint density at radius 2 is 2.21 bits per heavy atom. The molecule has 7 nitrogen and oxygen atoms in total. The molecule has 3 rings (SSSR count). The van der Waals surface area contributed by atoms with Crippen molar-refractivity contribution in [3.8, 4) is 11.3 Å². The van der Waals surface area contributed by atoms with Gasteiger partial charge in [0.25, 0.3) is 5.91 Å². The van der Waals surface area contributed by atoms with Crippen molar-refractivity contribution in [3.05, 3.63) is 72.2 Å². The molecule has 2 heterocycles. The van der Waals surface area contributed by atoms with E-state index in [-0.39, 0.29) is 0 Å². The lowest BCUT2D eigenvalue weighted by Crippen LogP contribution is -2.14. The Morgan fingerprint density at radius 3 is 3.00 bits per heavy atom. The van der Waals surface area contributed by atoms with E-state index in [2.05, 4.69) is 15.3 Å². The summed E-state index contributed by atoms with van der Waals surface area (Å²) < 4.78 is 1.74. The molecule has 0 atom stereocenters. The van der Waals surface area contributed by atoms with E-state index < -0.39 is 5.91 Å². The van der Waals surface area contributed by atoms with E-state index in [9.17, 15) is 4.79 Å². The fraction of sp³-hybridized carbons (Fsp3) is 0.0588.